The third kappa shape index (κ3) is 4.18. The van der Waals surface area contributed by atoms with Crippen LogP contribution in [0.5, 0.6) is 0 Å². The Morgan fingerprint density at radius 2 is 2.09 bits per heavy atom. The van der Waals surface area contributed by atoms with Crippen molar-refractivity contribution >= 4 is 5.91 Å². The number of aliphatic hydroxyl groups excluding tert-OH is 1. The molecule has 22 heavy (non-hydrogen) atoms. The number of nitrogens with one attached hydrogen (secondary N) is 1. The summed E-state index contributed by atoms with van der Waals surface area (Å²) in [6.07, 6.45) is -5.91. The number of primary amides is 1. The van der Waals surface area contributed by atoms with Crippen LogP contribution in [0.1, 0.15) is 5.56 Å². The van der Waals surface area contributed by atoms with Gasteiger partial charge < -0.3 is 15.6 Å². The molecule has 1 amide bonds. The Morgan fingerprint density at radius 1 is 1.50 bits per heavy atom. The van der Waals surface area contributed by atoms with E-state index in [0.29, 0.717) is 0 Å². The lowest BCUT2D eigenvalue weighted by Crippen LogP contribution is -2.47. The molecule has 0 aliphatic carbocycles. The Kier molecular flexibility index (Phi) is 5.49. The fraction of sp³-hybridized carbons (Fsp3) is 0.545. The van der Waals surface area contributed by atoms with Crippen LogP contribution in [0.2, 0.25) is 0 Å². The first-order valence-electron chi connectivity index (χ1n) is 5.96. The maximum Gasteiger partial charge on any atom is 0.403 e. The number of nitrogens with two attached hydrogens (primary N) is 1. The molecule has 0 saturated carbocycles. The molecule has 0 bridgehead atoms. The first kappa shape index (κ1) is 17.9. The lowest BCUT2D eigenvalue weighted by Gasteiger charge is -2.25. The van der Waals surface area contributed by atoms with Crippen LogP contribution in [0.4, 0.5) is 13.2 Å². The second-order valence-corrected chi connectivity index (χ2v) is 4.48. The summed E-state index contributed by atoms with van der Waals surface area (Å²) in [5.74, 6) is -4.44. The number of amides is 1. The second kappa shape index (κ2) is 6.75. The van der Waals surface area contributed by atoms with Gasteiger partial charge in [0.2, 0.25) is 5.91 Å². The lowest BCUT2D eigenvalue weighted by molar-refractivity contribution is -0.215. The van der Waals surface area contributed by atoms with E-state index in [-0.39, 0.29) is 5.56 Å². The zero-order chi connectivity index (χ0) is 17.1. The molecule has 0 aliphatic heterocycles. The Bertz CT molecular complexity index is 652. The summed E-state index contributed by atoms with van der Waals surface area (Å²) in [5, 5.41) is 8.98. The second-order valence-electron chi connectivity index (χ2n) is 4.48. The first-order valence-corrected chi connectivity index (χ1v) is 5.96. The average Bonchev–Trinajstić information content (AvgIpc) is 2.37. The standard InChI is InChI=1S/C11H14F3N3O5/c1-5-2-17(10(21)16-9(5)20)4-22-6(3-18)7(8(15)19)11(12,13)14/h2,6-7,18H,3-4H2,1H3,(H2,15,19)(H,16,20,21). The zero-order valence-corrected chi connectivity index (χ0v) is 11.4. The zero-order valence-electron chi connectivity index (χ0n) is 11.4. The number of halogens is 3. The highest BCUT2D eigenvalue weighted by Gasteiger charge is 2.49. The summed E-state index contributed by atoms with van der Waals surface area (Å²) in [6.45, 7) is -0.466. The maximum absolute atomic E-state index is 12.7. The van der Waals surface area contributed by atoms with E-state index in [1.807, 2.05) is 4.98 Å². The lowest BCUT2D eigenvalue weighted by atomic mass is 10.0. The van der Waals surface area contributed by atoms with Gasteiger partial charge in [0.1, 0.15) is 12.8 Å². The number of H-pyrrole nitrogens is 1. The number of alkyl halides is 3. The number of hydrogen-bond acceptors (Lipinski definition) is 5. The summed E-state index contributed by atoms with van der Waals surface area (Å²) in [7, 11) is 0. The first-order chi connectivity index (χ1) is 10.1. The number of aromatic amines is 1. The van der Waals surface area contributed by atoms with Crippen molar-refractivity contribution < 1.29 is 27.8 Å². The van der Waals surface area contributed by atoms with E-state index >= 15 is 0 Å². The summed E-state index contributed by atoms with van der Waals surface area (Å²) in [6, 6.07) is 0. The molecule has 4 N–H and O–H groups in total. The Balaban J connectivity index is 2.97. The minimum atomic E-state index is -5.01. The molecule has 1 heterocycles. The fourth-order valence-electron chi connectivity index (χ4n) is 1.70. The van der Waals surface area contributed by atoms with E-state index in [1.165, 1.54) is 6.92 Å². The monoisotopic (exact) mass is 325 g/mol. The van der Waals surface area contributed by atoms with E-state index in [1.54, 1.807) is 0 Å². The molecule has 1 aromatic heterocycles. The highest BCUT2D eigenvalue weighted by molar-refractivity contribution is 5.78. The predicted molar refractivity (Wildman–Crippen MR) is 66.8 cm³/mol. The summed E-state index contributed by atoms with van der Waals surface area (Å²) < 4.78 is 43.7. The number of hydrogen-bond donors (Lipinski definition) is 3. The molecular weight excluding hydrogens is 311 g/mol. The van der Waals surface area contributed by atoms with E-state index in [2.05, 4.69) is 5.73 Å². The van der Waals surface area contributed by atoms with Gasteiger partial charge in [-0.2, -0.15) is 13.2 Å². The van der Waals surface area contributed by atoms with Crippen LogP contribution in [0, 0.1) is 12.8 Å². The van der Waals surface area contributed by atoms with Crippen LogP contribution in [-0.2, 0) is 16.3 Å². The van der Waals surface area contributed by atoms with Crippen LogP contribution in [0.25, 0.3) is 0 Å². The van der Waals surface area contributed by atoms with Crippen LogP contribution in [-0.4, -0.2) is 39.5 Å². The molecule has 2 atom stereocenters. The smallest absolute Gasteiger partial charge is 0.394 e. The van der Waals surface area contributed by atoms with Crippen molar-refractivity contribution in [2.45, 2.75) is 25.9 Å². The van der Waals surface area contributed by atoms with Gasteiger partial charge in [0.25, 0.3) is 5.56 Å². The van der Waals surface area contributed by atoms with Crippen LogP contribution >= 0.6 is 0 Å². The van der Waals surface area contributed by atoms with Gasteiger partial charge in [0.15, 0.2) is 5.92 Å². The molecule has 1 aromatic rings. The highest BCUT2D eigenvalue weighted by Crippen LogP contribution is 2.30. The van der Waals surface area contributed by atoms with Crippen molar-refractivity contribution in [2.24, 2.45) is 11.7 Å². The number of nitrogens with zero attached hydrogens (tertiary/aromatic N) is 1. The number of aliphatic hydroxyl groups is 1. The van der Waals surface area contributed by atoms with Crippen molar-refractivity contribution in [3.05, 3.63) is 32.6 Å². The molecular formula is C11H14F3N3O5. The van der Waals surface area contributed by atoms with Gasteiger partial charge >= 0.3 is 11.9 Å². The molecule has 0 fully saturated rings. The molecule has 0 radical (unpaired) electrons. The molecule has 1 rings (SSSR count). The topological polar surface area (TPSA) is 127 Å². The number of aromatic nitrogens is 2. The van der Waals surface area contributed by atoms with Crippen LogP contribution in [0.3, 0.4) is 0 Å². The predicted octanol–water partition coefficient (Wildman–Crippen LogP) is -1.16. The Morgan fingerprint density at radius 3 is 2.55 bits per heavy atom. The summed E-state index contributed by atoms with van der Waals surface area (Å²) >= 11 is 0. The number of ether oxygens (including phenoxy) is 1. The van der Waals surface area contributed by atoms with Crippen LogP contribution in [0.15, 0.2) is 15.8 Å². The van der Waals surface area contributed by atoms with E-state index in [9.17, 15) is 27.6 Å². The van der Waals surface area contributed by atoms with E-state index < -0.39 is 48.7 Å². The molecule has 0 aromatic carbocycles. The SMILES string of the molecule is Cc1cn(COC(CO)C(C(N)=O)C(F)(F)F)c(=O)[nH]c1=O. The number of carbonyl (C=O) groups is 1. The molecule has 124 valence electrons. The van der Waals surface area contributed by atoms with Gasteiger partial charge in [-0.05, 0) is 6.92 Å². The quantitative estimate of drug-likeness (QED) is 0.608. The maximum atomic E-state index is 12.7. The highest BCUT2D eigenvalue weighted by atomic mass is 19.4. The van der Waals surface area contributed by atoms with Crippen molar-refractivity contribution in [2.75, 3.05) is 6.61 Å². The molecule has 0 spiro atoms. The molecule has 0 aliphatic rings. The average molecular weight is 325 g/mol. The van der Waals surface area contributed by atoms with Crippen molar-refractivity contribution in [1.29, 1.82) is 0 Å². The number of aryl methyl sites for hydroxylation is 1. The van der Waals surface area contributed by atoms with Gasteiger partial charge in [-0.15, -0.1) is 0 Å². The molecule has 2 unspecified atom stereocenters. The minimum absolute atomic E-state index is 0.131. The van der Waals surface area contributed by atoms with E-state index in [0.717, 1.165) is 10.8 Å². The van der Waals surface area contributed by atoms with Crippen molar-refractivity contribution in [1.82, 2.24) is 9.55 Å². The Labute approximate surface area is 121 Å². The Hall–Kier alpha value is -2.14. The van der Waals surface area contributed by atoms with Crippen molar-refractivity contribution in [3.63, 3.8) is 0 Å². The minimum Gasteiger partial charge on any atom is -0.394 e. The largest absolute Gasteiger partial charge is 0.403 e. The fourth-order valence-corrected chi connectivity index (χ4v) is 1.70. The van der Waals surface area contributed by atoms with Crippen LogP contribution < -0.4 is 17.0 Å². The van der Waals surface area contributed by atoms with Gasteiger partial charge in [-0.1, -0.05) is 0 Å². The number of rotatable bonds is 6. The van der Waals surface area contributed by atoms with Gasteiger partial charge in [0.05, 0.1) is 6.61 Å². The van der Waals surface area contributed by atoms with E-state index in [4.69, 9.17) is 9.84 Å². The third-order valence-electron chi connectivity index (χ3n) is 2.83. The van der Waals surface area contributed by atoms with Crippen molar-refractivity contribution in [3.8, 4) is 0 Å². The molecule has 11 heteroatoms. The van der Waals surface area contributed by atoms with Gasteiger partial charge in [-0.25, -0.2) is 4.79 Å². The van der Waals surface area contributed by atoms with Gasteiger partial charge in [0, 0.05) is 11.8 Å². The number of carbonyl (C=O) groups excluding carboxylic acids is 1. The normalized spacial score (nSPS) is 14.6. The third-order valence-corrected chi connectivity index (χ3v) is 2.83. The molecule has 8 nitrogen and oxygen atoms in total. The van der Waals surface area contributed by atoms with Gasteiger partial charge in [-0.3, -0.25) is 19.1 Å². The summed E-state index contributed by atoms with van der Waals surface area (Å²) in [5.41, 5.74) is 3.25. The summed E-state index contributed by atoms with van der Waals surface area (Å²) in [4.78, 5) is 35.4. The molecule has 0 saturated heterocycles.